The van der Waals surface area contributed by atoms with Gasteiger partial charge in [-0.3, -0.25) is 4.79 Å². The normalized spacial score (nSPS) is 10.1. The molecule has 0 aliphatic rings. The summed E-state index contributed by atoms with van der Waals surface area (Å²) >= 11 is 0. The number of rotatable bonds is 6. The molecule has 6 nitrogen and oxygen atoms in total. The summed E-state index contributed by atoms with van der Waals surface area (Å²) in [4.78, 5) is 21.1. The van der Waals surface area contributed by atoms with E-state index in [0.717, 1.165) is 12.1 Å². The van der Waals surface area contributed by atoms with Crippen LogP contribution in [0.3, 0.4) is 0 Å². The number of carbonyl (C=O) groups excluding carboxylic acids is 1. The maximum Gasteiger partial charge on any atom is 0.325 e. The number of anilines is 1. The summed E-state index contributed by atoms with van der Waals surface area (Å²) in [5.74, 6) is 0.390. The van der Waals surface area contributed by atoms with Crippen LogP contribution in [-0.4, -0.2) is 50.4 Å². The number of aromatic nitrogens is 2. The Morgan fingerprint density at radius 1 is 1.41 bits per heavy atom. The number of ether oxygens (including phenoxy) is 2. The van der Waals surface area contributed by atoms with Gasteiger partial charge in [0.2, 0.25) is 0 Å². The van der Waals surface area contributed by atoms with E-state index in [1.807, 2.05) is 6.07 Å². The van der Waals surface area contributed by atoms with Crippen molar-refractivity contribution in [3.63, 3.8) is 0 Å². The molecule has 1 heterocycles. The van der Waals surface area contributed by atoms with Crippen molar-refractivity contribution in [2.45, 2.75) is 6.42 Å². The Bertz CT molecular complexity index is 371. The monoisotopic (exact) mass is 239 g/mol. The molecule has 1 aromatic rings. The second kappa shape index (κ2) is 6.80. The zero-order chi connectivity index (χ0) is 12.7. The number of nitrogens with zero attached hydrogens (tertiary/aromatic N) is 3. The highest BCUT2D eigenvalue weighted by Gasteiger charge is 2.09. The molecule has 17 heavy (non-hydrogen) atoms. The van der Waals surface area contributed by atoms with E-state index in [1.165, 1.54) is 13.4 Å². The van der Waals surface area contributed by atoms with Gasteiger partial charge in [0.15, 0.2) is 0 Å². The largest absolute Gasteiger partial charge is 0.468 e. The molecular weight excluding hydrogens is 222 g/mol. The van der Waals surface area contributed by atoms with Gasteiger partial charge in [-0.05, 0) is 0 Å². The molecule has 0 unspecified atom stereocenters. The van der Waals surface area contributed by atoms with Crippen molar-refractivity contribution in [1.82, 2.24) is 9.97 Å². The van der Waals surface area contributed by atoms with Gasteiger partial charge in [0, 0.05) is 32.3 Å². The lowest BCUT2D eigenvalue weighted by Gasteiger charge is -2.16. The van der Waals surface area contributed by atoms with Crippen LogP contribution < -0.4 is 4.90 Å². The molecule has 0 aromatic carbocycles. The first kappa shape index (κ1) is 13.4. The fraction of sp³-hybridized carbons (Fsp3) is 0.545. The summed E-state index contributed by atoms with van der Waals surface area (Å²) < 4.78 is 9.57. The molecule has 94 valence electrons. The van der Waals surface area contributed by atoms with Gasteiger partial charge in [-0.2, -0.15) is 0 Å². The Morgan fingerprint density at radius 3 is 2.82 bits per heavy atom. The molecule has 0 fully saturated rings. The highest BCUT2D eigenvalue weighted by molar-refractivity contribution is 5.74. The molecule has 1 aromatic heterocycles. The van der Waals surface area contributed by atoms with Crippen LogP contribution in [0.25, 0.3) is 0 Å². The summed E-state index contributed by atoms with van der Waals surface area (Å²) in [7, 11) is 4.78. The zero-order valence-corrected chi connectivity index (χ0v) is 10.3. The van der Waals surface area contributed by atoms with Crippen molar-refractivity contribution >= 4 is 11.8 Å². The Labute approximate surface area is 101 Å². The molecule has 0 saturated heterocycles. The van der Waals surface area contributed by atoms with E-state index in [0.29, 0.717) is 12.4 Å². The Hall–Kier alpha value is -1.69. The number of hydrogen-bond donors (Lipinski definition) is 0. The van der Waals surface area contributed by atoms with Gasteiger partial charge in [-0.25, -0.2) is 9.97 Å². The molecule has 0 spiro atoms. The molecule has 0 aliphatic heterocycles. The minimum absolute atomic E-state index is 0.164. The minimum atomic E-state index is -0.301. The smallest absolute Gasteiger partial charge is 0.325 e. The summed E-state index contributed by atoms with van der Waals surface area (Å²) in [6, 6.07) is 1.84. The predicted octanol–water partition coefficient (Wildman–Crippen LogP) is 0.275. The highest BCUT2D eigenvalue weighted by atomic mass is 16.5. The molecule has 0 atom stereocenters. The first-order valence-corrected chi connectivity index (χ1v) is 5.25. The number of methoxy groups -OCH3 is 2. The third kappa shape index (κ3) is 4.36. The lowest BCUT2D eigenvalue weighted by molar-refractivity contribution is -0.138. The quantitative estimate of drug-likeness (QED) is 0.664. The second-order valence-electron chi connectivity index (χ2n) is 3.54. The van der Waals surface area contributed by atoms with E-state index in [1.54, 1.807) is 19.1 Å². The highest BCUT2D eigenvalue weighted by Crippen LogP contribution is 2.09. The van der Waals surface area contributed by atoms with Crippen LogP contribution in [-0.2, 0) is 20.7 Å². The van der Waals surface area contributed by atoms with Crippen LogP contribution in [0.1, 0.15) is 5.69 Å². The van der Waals surface area contributed by atoms with Crippen LogP contribution in [0.4, 0.5) is 5.82 Å². The molecule has 0 radical (unpaired) electrons. The maximum absolute atomic E-state index is 11.1. The second-order valence-corrected chi connectivity index (χ2v) is 3.54. The number of likely N-dealkylation sites (N-methyl/N-ethyl adjacent to an activating group) is 1. The van der Waals surface area contributed by atoms with Gasteiger partial charge in [0.25, 0.3) is 0 Å². The summed E-state index contributed by atoms with van der Waals surface area (Å²) in [5.41, 5.74) is 0.883. The van der Waals surface area contributed by atoms with E-state index in [-0.39, 0.29) is 12.5 Å². The lowest BCUT2D eigenvalue weighted by Crippen LogP contribution is -2.27. The SMILES string of the molecule is COCCc1cc(N(C)CC(=O)OC)ncn1. The van der Waals surface area contributed by atoms with Gasteiger partial charge in [0.1, 0.15) is 18.7 Å². The molecule has 0 amide bonds. The van der Waals surface area contributed by atoms with Crippen molar-refractivity contribution in [3.05, 3.63) is 18.1 Å². The molecular formula is C11H17N3O3. The van der Waals surface area contributed by atoms with Crippen LogP contribution >= 0.6 is 0 Å². The third-order valence-corrected chi connectivity index (χ3v) is 2.26. The predicted molar refractivity (Wildman–Crippen MR) is 62.9 cm³/mol. The average Bonchev–Trinajstić information content (AvgIpc) is 2.36. The van der Waals surface area contributed by atoms with Gasteiger partial charge in [-0.1, -0.05) is 0 Å². The van der Waals surface area contributed by atoms with E-state index in [2.05, 4.69) is 14.7 Å². The van der Waals surface area contributed by atoms with Crippen LogP contribution in [0.15, 0.2) is 12.4 Å². The average molecular weight is 239 g/mol. The van der Waals surface area contributed by atoms with Gasteiger partial charge >= 0.3 is 5.97 Å². The van der Waals surface area contributed by atoms with Crippen molar-refractivity contribution in [2.75, 3.05) is 39.3 Å². The van der Waals surface area contributed by atoms with Crippen LogP contribution in [0, 0.1) is 0 Å². The van der Waals surface area contributed by atoms with Gasteiger partial charge < -0.3 is 14.4 Å². The zero-order valence-electron chi connectivity index (χ0n) is 10.3. The first-order chi connectivity index (χ1) is 8.17. The fourth-order valence-electron chi connectivity index (χ4n) is 1.28. The van der Waals surface area contributed by atoms with Gasteiger partial charge in [0.05, 0.1) is 13.7 Å². The summed E-state index contributed by atoms with van der Waals surface area (Å²) in [5, 5.41) is 0. The third-order valence-electron chi connectivity index (χ3n) is 2.26. The van der Waals surface area contributed by atoms with Crippen molar-refractivity contribution in [2.24, 2.45) is 0 Å². The lowest BCUT2D eigenvalue weighted by atomic mass is 10.3. The molecule has 0 aliphatic carbocycles. The standard InChI is InChI=1S/C11H17N3O3/c1-14(7-11(15)17-3)10-6-9(4-5-16-2)12-8-13-10/h6,8H,4-5,7H2,1-3H3. The summed E-state index contributed by atoms with van der Waals surface area (Å²) in [6.07, 6.45) is 2.20. The molecule has 0 saturated carbocycles. The number of carbonyl (C=O) groups is 1. The van der Waals surface area contributed by atoms with E-state index in [4.69, 9.17) is 4.74 Å². The fourth-order valence-corrected chi connectivity index (χ4v) is 1.28. The Balaban J connectivity index is 2.66. The summed E-state index contributed by atoms with van der Waals surface area (Å²) in [6.45, 7) is 0.772. The Morgan fingerprint density at radius 2 is 2.18 bits per heavy atom. The van der Waals surface area contributed by atoms with Crippen molar-refractivity contribution in [1.29, 1.82) is 0 Å². The molecule has 1 rings (SSSR count). The Kier molecular flexibility index (Phi) is 5.35. The number of hydrogen-bond acceptors (Lipinski definition) is 6. The van der Waals surface area contributed by atoms with Crippen molar-refractivity contribution < 1.29 is 14.3 Å². The van der Waals surface area contributed by atoms with Crippen molar-refractivity contribution in [3.8, 4) is 0 Å². The van der Waals surface area contributed by atoms with E-state index >= 15 is 0 Å². The molecule has 0 bridgehead atoms. The maximum atomic E-state index is 11.1. The molecule has 6 heteroatoms. The van der Waals surface area contributed by atoms with Gasteiger partial charge in [-0.15, -0.1) is 0 Å². The minimum Gasteiger partial charge on any atom is -0.468 e. The number of esters is 1. The van der Waals surface area contributed by atoms with Crippen LogP contribution in [0.2, 0.25) is 0 Å². The topological polar surface area (TPSA) is 64.5 Å². The molecule has 0 N–H and O–H groups in total. The van der Waals surface area contributed by atoms with E-state index in [9.17, 15) is 4.79 Å². The van der Waals surface area contributed by atoms with Crippen LogP contribution in [0.5, 0.6) is 0 Å². The first-order valence-electron chi connectivity index (χ1n) is 5.25. The van der Waals surface area contributed by atoms with E-state index < -0.39 is 0 Å².